The number of carbonyl (C=O) groups excluding carboxylic acids is 1. The summed E-state index contributed by atoms with van der Waals surface area (Å²) in [6, 6.07) is 15.5. The fourth-order valence-electron chi connectivity index (χ4n) is 3.29. The van der Waals surface area contributed by atoms with Crippen LogP contribution in [0.1, 0.15) is 11.1 Å². The van der Waals surface area contributed by atoms with Gasteiger partial charge in [0.25, 0.3) is 11.6 Å². The van der Waals surface area contributed by atoms with Crippen molar-refractivity contribution >= 4 is 74.2 Å². The highest BCUT2D eigenvalue weighted by Crippen LogP contribution is 2.39. The molecule has 0 unspecified atom stereocenters. The molecular formula is C24H16FIN2O5S2. The maximum atomic E-state index is 13.9. The Labute approximate surface area is 223 Å². The van der Waals surface area contributed by atoms with Crippen LogP contribution in [0.3, 0.4) is 0 Å². The Morgan fingerprint density at radius 3 is 2.57 bits per heavy atom. The predicted octanol–water partition coefficient (Wildman–Crippen LogP) is 6.33. The van der Waals surface area contributed by atoms with Crippen molar-refractivity contribution in [3.8, 4) is 11.5 Å². The van der Waals surface area contributed by atoms with Crippen molar-refractivity contribution in [3.05, 3.63) is 96.2 Å². The monoisotopic (exact) mass is 622 g/mol. The number of nitro benzene ring substituents is 1. The second-order valence-electron chi connectivity index (χ2n) is 7.20. The maximum Gasteiger partial charge on any atom is 0.270 e. The minimum Gasteiger partial charge on any atom is -0.493 e. The Hall–Kier alpha value is -3.03. The molecule has 0 N–H and O–H groups in total. The van der Waals surface area contributed by atoms with Crippen LogP contribution in [0.15, 0.2) is 65.6 Å². The normalized spacial score (nSPS) is 14.5. The first-order valence-corrected chi connectivity index (χ1v) is 12.3. The molecule has 35 heavy (non-hydrogen) atoms. The van der Waals surface area contributed by atoms with Crippen LogP contribution in [-0.2, 0) is 11.4 Å². The van der Waals surface area contributed by atoms with Gasteiger partial charge in [0, 0.05) is 17.7 Å². The summed E-state index contributed by atoms with van der Waals surface area (Å²) in [5, 5.41) is 10.9. The highest BCUT2D eigenvalue weighted by Gasteiger charge is 2.33. The van der Waals surface area contributed by atoms with Crippen molar-refractivity contribution in [1.29, 1.82) is 0 Å². The summed E-state index contributed by atoms with van der Waals surface area (Å²) < 4.78 is 26.3. The Balaban J connectivity index is 1.57. The third kappa shape index (κ3) is 5.46. The predicted molar refractivity (Wildman–Crippen MR) is 145 cm³/mol. The lowest BCUT2D eigenvalue weighted by Crippen LogP contribution is -2.27. The first-order valence-electron chi connectivity index (χ1n) is 10.0. The summed E-state index contributed by atoms with van der Waals surface area (Å²) in [5.41, 5.74) is 1.48. The zero-order valence-electron chi connectivity index (χ0n) is 18.1. The van der Waals surface area contributed by atoms with E-state index >= 15 is 0 Å². The number of nitrogens with zero attached hydrogens (tertiary/aromatic N) is 2. The molecule has 1 saturated heterocycles. The van der Waals surface area contributed by atoms with Crippen LogP contribution in [0, 0.1) is 19.5 Å². The minimum atomic E-state index is -0.507. The Morgan fingerprint density at radius 2 is 1.91 bits per heavy atom. The number of nitro groups is 1. The van der Waals surface area contributed by atoms with Crippen molar-refractivity contribution < 1.29 is 23.6 Å². The van der Waals surface area contributed by atoms with Crippen molar-refractivity contribution in [2.24, 2.45) is 0 Å². The summed E-state index contributed by atoms with van der Waals surface area (Å²) >= 11 is 8.61. The number of halogens is 2. The van der Waals surface area contributed by atoms with Gasteiger partial charge in [0.2, 0.25) is 0 Å². The fourth-order valence-corrected chi connectivity index (χ4v) is 5.37. The number of anilines is 1. The van der Waals surface area contributed by atoms with E-state index in [1.807, 2.05) is 6.07 Å². The van der Waals surface area contributed by atoms with Crippen LogP contribution in [0.2, 0.25) is 0 Å². The molecule has 11 heteroatoms. The van der Waals surface area contributed by atoms with Crippen molar-refractivity contribution in [1.82, 2.24) is 0 Å². The quantitative estimate of drug-likeness (QED) is 0.100. The van der Waals surface area contributed by atoms with E-state index in [1.165, 1.54) is 42.3 Å². The fraction of sp³-hybridized carbons (Fsp3) is 0.0833. The van der Waals surface area contributed by atoms with E-state index in [4.69, 9.17) is 21.7 Å². The largest absolute Gasteiger partial charge is 0.493 e. The molecule has 3 aromatic rings. The second-order valence-corrected chi connectivity index (χ2v) is 10.0. The van der Waals surface area contributed by atoms with Gasteiger partial charge in [0.1, 0.15) is 12.4 Å². The number of thioether (sulfide) groups is 1. The van der Waals surface area contributed by atoms with E-state index in [1.54, 1.807) is 30.3 Å². The Bertz CT molecular complexity index is 1360. The van der Waals surface area contributed by atoms with Crippen molar-refractivity contribution in [2.75, 3.05) is 12.0 Å². The number of hydrogen-bond acceptors (Lipinski definition) is 7. The number of carbonyl (C=O) groups is 1. The molecule has 0 spiro atoms. The lowest BCUT2D eigenvalue weighted by Gasteiger charge is -2.14. The van der Waals surface area contributed by atoms with Crippen LogP contribution in [-0.4, -0.2) is 22.3 Å². The molecule has 1 aliphatic heterocycles. The zero-order chi connectivity index (χ0) is 25.1. The summed E-state index contributed by atoms with van der Waals surface area (Å²) in [6.45, 7) is 0.0340. The van der Waals surface area contributed by atoms with Crippen LogP contribution < -0.4 is 14.4 Å². The average molecular weight is 622 g/mol. The average Bonchev–Trinajstić information content (AvgIpc) is 3.11. The molecule has 0 aliphatic carbocycles. The smallest absolute Gasteiger partial charge is 0.270 e. The lowest BCUT2D eigenvalue weighted by atomic mass is 10.1. The topological polar surface area (TPSA) is 81.9 Å². The molecule has 0 aromatic heterocycles. The number of thiocarbonyl (C=S) groups is 1. The molecule has 1 fully saturated rings. The molecule has 3 aromatic carbocycles. The highest BCUT2D eigenvalue weighted by molar-refractivity contribution is 14.1. The van der Waals surface area contributed by atoms with Gasteiger partial charge in [-0.1, -0.05) is 42.2 Å². The summed E-state index contributed by atoms with van der Waals surface area (Å²) in [6.07, 6.45) is 1.69. The third-order valence-corrected chi connectivity index (χ3v) is 7.10. The molecule has 0 saturated carbocycles. The van der Waals surface area contributed by atoms with E-state index in [-0.39, 0.29) is 24.0 Å². The Kier molecular flexibility index (Phi) is 7.67. The molecule has 1 aliphatic rings. The number of benzene rings is 3. The number of non-ortho nitro benzene ring substituents is 1. The van der Waals surface area contributed by atoms with Crippen molar-refractivity contribution in [3.63, 3.8) is 0 Å². The van der Waals surface area contributed by atoms with Gasteiger partial charge in [0.15, 0.2) is 15.8 Å². The minimum absolute atomic E-state index is 0.0340. The van der Waals surface area contributed by atoms with Crippen LogP contribution in [0.25, 0.3) is 6.08 Å². The first-order chi connectivity index (χ1) is 16.8. The maximum absolute atomic E-state index is 13.9. The van der Waals surface area contributed by atoms with E-state index in [0.717, 1.165) is 15.3 Å². The second kappa shape index (κ2) is 10.7. The molecule has 178 valence electrons. The van der Waals surface area contributed by atoms with Gasteiger partial charge < -0.3 is 9.47 Å². The SMILES string of the molecule is COc1cc(/C=C2/SC(=S)N(c3ccc([N+](=O)[O-])cc3)C2=O)cc(I)c1OCc1ccccc1F. The standard InChI is InChI=1S/C24H16FIN2O5S2/c1-32-20-11-14(10-19(26)22(20)33-13-15-4-2-3-5-18(15)25)12-21-23(29)27(24(34)35-21)16-6-8-17(9-7-16)28(30)31/h2-12H,13H2,1H3/b21-12+. The van der Waals surface area contributed by atoms with Gasteiger partial charge in [-0.05, 0) is 64.6 Å². The summed E-state index contributed by atoms with van der Waals surface area (Å²) in [5.74, 6) is 0.216. The lowest BCUT2D eigenvalue weighted by molar-refractivity contribution is -0.384. The van der Waals surface area contributed by atoms with Gasteiger partial charge in [-0.3, -0.25) is 19.8 Å². The third-order valence-electron chi connectivity index (χ3n) is 4.99. The van der Waals surface area contributed by atoms with E-state index in [9.17, 15) is 19.3 Å². The van der Waals surface area contributed by atoms with E-state index < -0.39 is 4.92 Å². The first kappa shape index (κ1) is 25.1. The van der Waals surface area contributed by atoms with Crippen LogP contribution in [0.5, 0.6) is 11.5 Å². The van der Waals surface area contributed by atoms with Gasteiger partial charge in [-0.25, -0.2) is 4.39 Å². The number of rotatable bonds is 7. The summed E-state index contributed by atoms with van der Waals surface area (Å²) in [7, 11) is 1.50. The van der Waals surface area contributed by atoms with Crippen LogP contribution in [0.4, 0.5) is 15.8 Å². The van der Waals surface area contributed by atoms with Gasteiger partial charge >= 0.3 is 0 Å². The number of amides is 1. The van der Waals surface area contributed by atoms with Gasteiger partial charge in [-0.2, -0.15) is 0 Å². The number of methoxy groups -OCH3 is 1. The molecule has 4 rings (SSSR count). The number of hydrogen-bond donors (Lipinski definition) is 0. The summed E-state index contributed by atoms with van der Waals surface area (Å²) in [4.78, 5) is 25.2. The van der Waals surface area contributed by atoms with E-state index in [2.05, 4.69) is 22.6 Å². The zero-order valence-corrected chi connectivity index (χ0v) is 21.9. The van der Waals surface area contributed by atoms with E-state index in [0.29, 0.717) is 37.5 Å². The molecular weight excluding hydrogens is 606 g/mol. The molecule has 0 atom stereocenters. The number of ether oxygens (including phenoxy) is 2. The molecule has 7 nitrogen and oxygen atoms in total. The molecule has 1 heterocycles. The van der Waals surface area contributed by atoms with Crippen molar-refractivity contribution in [2.45, 2.75) is 6.61 Å². The molecule has 0 bridgehead atoms. The van der Waals surface area contributed by atoms with Gasteiger partial charge in [0.05, 0.1) is 26.2 Å². The molecule has 1 amide bonds. The van der Waals surface area contributed by atoms with Crippen LogP contribution >= 0.6 is 46.6 Å². The highest BCUT2D eigenvalue weighted by atomic mass is 127. The van der Waals surface area contributed by atoms with Gasteiger partial charge in [-0.15, -0.1) is 0 Å². The Morgan fingerprint density at radius 1 is 1.20 bits per heavy atom. The molecule has 0 radical (unpaired) electrons.